The Kier molecular flexibility index (Phi) is 8.19. The van der Waals surface area contributed by atoms with Crippen molar-refractivity contribution >= 4 is 32.8 Å². The lowest BCUT2D eigenvalue weighted by Gasteiger charge is -2.34. The number of nitrogens with zero attached hydrogens (tertiary/aromatic N) is 5. The molecule has 0 amide bonds. The van der Waals surface area contributed by atoms with Crippen LogP contribution in [0.15, 0.2) is 50.3 Å². The number of Topliss-reactive ketones (excluding diaryl/α,β-unsaturated/α-hetero) is 1. The van der Waals surface area contributed by atoms with Gasteiger partial charge in [-0.2, -0.15) is 0 Å². The van der Waals surface area contributed by atoms with Crippen LogP contribution in [0, 0.1) is 11.8 Å². The number of carbonyl (C=O) groups excluding carboxylic acids is 1. The van der Waals surface area contributed by atoms with Crippen molar-refractivity contribution in [3.63, 3.8) is 0 Å². The van der Waals surface area contributed by atoms with Crippen LogP contribution in [0.4, 0.5) is 5.82 Å². The van der Waals surface area contributed by atoms with Crippen LogP contribution in [0.5, 0.6) is 0 Å². The number of aromatic nitrogens is 3. The zero-order valence-electron chi connectivity index (χ0n) is 22.5. The first-order chi connectivity index (χ1) is 18.3. The Bertz CT molecular complexity index is 1460. The minimum Gasteiger partial charge on any atom is -0.356 e. The number of allylic oxidation sites excluding steroid dienone is 1. The highest BCUT2D eigenvalue weighted by Crippen LogP contribution is 2.69. The van der Waals surface area contributed by atoms with E-state index in [1.54, 1.807) is 6.07 Å². The minimum absolute atomic E-state index is 0.0140. The van der Waals surface area contributed by atoms with Gasteiger partial charge in [0.2, 0.25) is 0 Å². The van der Waals surface area contributed by atoms with Crippen LogP contribution >= 0.6 is 10.2 Å². The number of anilines is 1. The van der Waals surface area contributed by atoms with Crippen LogP contribution in [0.2, 0.25) is 0 Å². The molecule has 11 heteroatoms. The number of nitroso groups, excluding NO2 is 1. The predicted molar refractivity (Wildman–Crippen MR) is 156 cm³/mol. The zero-order chi connectivity index (χ0) is 27.6. The molecule has 2 unspecified atom stereocenters. The van der Waals surface area contributed by atoms with Crippen LogP contribution in [0.3, 0.4) is 0 Å². The maximum Gasteiger partial charge on any atom is 0.278 e. The quantitative estimate of drug-likeness (QED) is 0.328. The summed E-state index contributed by atoms with van der Waals surface area (Å²) in [5.74, 6) is 0.642. The number of hydrogen-bond donors (Lipinski definition) is 2. The molecule has 3 aromatic rings. The molecule has 2 aliphatic heterocycles. The Hall–Kier alpha value is -3.28. The second kappa shape index (κ2) is 11.2. The molecule has 10 nitrogen and oxygen atoms in total. The molecule has 2 atom stereocenters. The normalized spacial score (nSPS) is 22.2. The molecule has 1 saturated heterocycles. The second-order valence-electron chi connectivity index (χ2n) is 9.70. The van der Waals surface area contributed by atoms with Crippen LogP contribution < -0.4 is 21.9 Å². The molecule has 0 spiro atoms. The fourth-order valence-corrected chi connectivity index (χ4v) is 6.51. The molecule has 0 radical (unpaired) electrons. The summed E-state index contributed by atoms with van der Waals surface area (Å²) >= 11 is 0. The van der Waals surface area contributed by atoms with Crippen molar-refractivity contribution in [3.05, 3.63) is 72.9 Å². The Morgan fingerprint density at radius 3 is 2.68 bits per heavy atom. The summed E-state index contributed by atoms with van der Waals surface area (Å²) < 4.78 is 6.57. The van der Waals surface area contributed by atoms with Crippen molar-refractivity contribution in [3.8, 4) is 0 Å². The van der Waals surface area contributed by atoms with Gasteiger partial charge in [0, 0.05) is 41.7 Å². The number of aryl methyl sites for hydroxylation is 1. The molecule has 4 N–H and O–H groups in total. The maximum absolute atomic E-state index is 13.8. The third kappa shape index (κ3) is 5.18. The van der Waals surface area contributed by atoms with E-state index in [9.17, 15) is 14.5 Å². The first-order valence-corrected chi connectivity index (χ1v) is 15.1. The van der Waals surface area contributed by atoms with Crippen molar-refractivity contribution in [1.29, 1.82) is 0 Å². The van der Waals surface area contributed by atoms with E-state index < -0.39 is 10.2 Å². The van der Waals surface area contributed by atoms with E-state index in [0.717, 1.165) is 41.2 Å². The van der Waals surface area contributed by atoms with Crippen molar-refractivity contribution in [1.82, 2.24) is 14.1 Å². The molecule has 4 heterocycles. The Labute approximate surface area is 224 Å². The number of hydrogen-bond acceptors (Lipinski definition) is 8. The fraction of sp³-hybridized carbons (Fsp3) is 0.444. The fourth-order valence-electron chi connectivity index (χ4n) is 5.03. The van der Waals surface area contributed by atoms with Gasteiger partial charge in [0.25, 0.3) is 5.56 Å². The van der Waals surface area contributed by atoms with Gasteiger partial charge < -0.3 is 20.9 Å². The van der Waals surface area contributed by atoms with Crippen LogP contribution in [-0.4, -0.2) is 45.3 Å². The summed E-state index contributed by atoms with van der Waals surface area (Å²) in [6.45, 7) is 7.76. The van der Waals surface area contributed by atoms with Gasteiger partial charge in [-0.25, -0.2) is 4.98 Å². The first-order valence-electron chi connectivity index (χ1n) is 13.0. The summed E-state index contributed by atoms with van der Waals surface area (Å²) in [6.07, 6.45) is 5.12. The maximum atomic E-state index is 13.8. The number of benzene rings is 1. The average Bonchev–Trinajstić information content (AvgIpc) is 3.45. The number of rotatable bonds is 8. The highest BCUT2D eigenvalue weighted by molar-refractivity contribution is 8.42. The van der Waals surface area contributed by atoms with Crippen LogP contribution in [-0.2, 0) is 19.6 Å². The van der Waals surface area contributed by atoms with Crippen molar-refractivity contribution in [2.75, 3.05) is 24.2 Å². The Morgan fingerprint density at radius 1 is 1.29 bits per heavy atom. The summed E-state index contributed by atoms with van der Waals surface area (Å²) in [5.41, 5.74) is 15.4. The van der Waals surface area contributed by atoms with E-state index in [4.69, 9.17) is 11.5 Å². The lowest BCUT2D eigenvalue weighted by Crippen LogP contribution is -2.44. The first kappa shape index (κ1) is 27.7. The second-order valence-corrected chi connectivity index (χ2v) is 12.5. The smallest absolute Gasteiger partial charge is 0.278 e. The van der Waals surface area contributed by atoms with Crippen molar-refractivity contribution < 1.29 is 4.79 Å². The standard InChI is InChI=1S/C25H31N7O3S.C2H6/c1-16-5-3-6-17(9-16)21(33)13-31-15-28-22-20(10-26)24(30-8-4-7-18(27)11-30)32(23(22)25(31)34)12-19-14-36(19,2)29-35;1-2/h3,5-6,9,14-15,18H,4,7-8,10-13,26-27H2,1-2H3;1-2H3. The topological polar surface area (TPSA) is 142 Å². The number of ketones is 1. The third-order valence-electron chi connectivity index (χ3n) is 7.01. The molecule has 1 aromatic carbocycles. The van der Waals surface area contributed by atoms with Crippen molar-refractivity contribution in [2.45, 2.75) is 59.3 Å². The molecule has 5 rings (SSSR count). The highest BCUT2D eigenvalue weighted by atomic mass is 32.3. The summed E-state index contributed by atoms with van der Waals surface area (Å²) in [5, 5.41) is 1.88. The summed E-state index contributed by atoms with van der Waals surface area (Å²) in [4.78, 5) is 45.9. The molecule has 2 aromatic heterocycles. The molecule has 2 aliphatic rings. The monoisotopic (exact) mass is 539 g/mol. The van der Waals surface area contributed by atoms with Crippen LogP contribution in [0.1, 0.15) is 48.2 Å². The molecule has 204 valence electrons. The molecule has 38 heavy (non-hydrogen) atoms. The van der Waals surface area contributed by atoms with E-state index >= 15 is 0 Å². The zero-order valence-corrected chi connectivity index (χ0v) is 23.3. The number of piperidine rings is 1. The van der Waals surface area contributed by atoms with E-state index in [0.29, 0.717) is 29.7 Å². The Morgan fingerprint density at radius 2 is 2.05 bits per heavy atom. The lowest BCUT2D eigenvalue weighted by molar-refractivity contribution is 0.0970. The van der Waals surface area contributed by atoms with Gasteiger partial charge in [-0.3, -0.25) is 14.2 Å². The summed E-state index contributed by atoms with van der Waals surface area (Å²) in [7, 11) is -1.78. The largest absolute Gasteiger partial charge is 0.356 e. The van der Waals surface area contributed by atoms with Gasteiger partial charge in [0.15, 0.2) is 5.78 Å². The molecule has 1 fully saturated rings. The SMILES string of the molecule is CC.Cc1cccc(C(=O)Cn2cnc3c(CN)c(N4CCCC(N)C4)n(CC4=CS4(C)N=O)c3c2=O)c1. The van der Waals surface area contributed by atoms with E-state index in [1.807, 2.05) is 55.2 Å². The average molecular weight is 540 g/mol. The number of nitrogens with two attached hydrogens (primary N) is 2. The minimum atomic E-state index is -1.78. The molecular weight excluding hydrogens is 502 g/mol. The summed E-state index contributed by atoms with van der Waals surface area (Å²) in [6, 6.07) is 7.31. The number of fused-ring (bicyclic) bond motifs is 1. The highest BCUT2D eigenvalue weighted by Gasteiger charge is 2.38. The third-order valence-corrected chi connectivity index (χ3v) is 9.12. The van der Waals surface area contributed by atoms with Gasteiger partial charge >= 0.3 is 0 Å². The van der Waals surface area contributed by atoms with Crippen LogP contribution in [0.25, 0.3) is 11.0 Å². The number of carbonyl (C=O) groups is 1. The molecule has 0 bridgehead atoms. The van der Waals surface area contributed by atoms with E-state index in [2.05, 4.69) is 14.5 Å². The molecule has 0 saturated carbocycles. The molecular formula is C27H37N7O3S. The lowest BCUT2D eigenvalue weighted by atomic mass is 10.1. The molecule has 0 aliphatic carbocycles. The van der Waals surface area contributed by atoms with Gasteiger partial charge in [0.05, 0.1) is 19.4 Å². The van der Waals surface area contributed by atoms with Gasteiger partial charge in [-0.15, -0.1) is 4.91 Å². The van der Waals surface area contributed by atoms with Gasteiger partial charge in [-0.1, -0.05) is 47.8 Å². The van der Waals surface area contributed by atoms with E-state index in [1.165, 1.54) is 10.9 Å². The van der Waals surface area contributed by atoms with Gasteiger partial charge in [-0.05, 0) is 42.1 Å². The predicted octanol–water partition coefficient (Wildman–Crippen LogP) is 3.77. The van der Waals surface area contributed by atoms with E-state index in [-0.39, 0.29) is 30.5 Å². The van der Waals surface area contributed by atoms with Gasteiger partial charge in [0.1, 0.15) is 16.9 Å². The van der Waals surface area contributed by atoms with Crippen molar-refractivity contribution in [2.24, 2.45) is 16.0 Å². The Balaban J connectivity index is 0.00000164.